The minimum absolute atomic E-state index is 0.229. The van der Waals surface area contributed by atoms with Crippen LogP contribution in [0.25, 0.3) is 0 Å². The van der Waals surface area contributed by atoms with E-state index in [0.717, 1.165) is 30.5 Å². The van der Waals surface area contributed by atoms with Crippen LogP contribution in [0.15, 0.2) is 72.5 Å². The van der Waals surface area contributed by atoms with E-state index in [0.29, 0.717) is 29.7 Å². The quantitative estimate of drug-likeness (QED) is 0.579. The van der Waals surface area contributed by atoms with E-state index in [-0.39, 0.29) is 11.6 Å². The summed E-state index contributed by atoms with van der Waals surface area (Å²) in [5, 5.41) is 3.21. The highest BCUT2D eigenvalue weighted by atomic mass is 19.1. The lowest BCUT2D eigenvalue weighted by atomic mass is 9.99. The highest BCUT2D eigenvalue weighted by Gasteiger charge is 2.15. The topological polar surface area (TPSA) is 12.0 Å². The fraction of sp³-hybridized carbons (Fsp3) is 0.250. The Balaban J connectivity index is 1.69. The lowest BCUT2D eigenvalue weighted by molar-refractivity contribution is 0.594. The number of halogens is 2. The Hall–Kier alpha value is -2.68. The van der Waals surface area contributed by atoms with E-state index in [2.05, 4.69) is 18.5 Å². The van der Waals surface area contributed by atoms with Crippen molar-refractivity contribution in [2.75, 3.05) is 5.32 Å². The maximum atomic E-state index is 14.5. The molecule has 2 aromatic carbocycles. The van der Waals surface area contributed by atoms with Gasteiger partial charge in [-0.3, -0.25) is 0 Å². The summed E-state index contributed by atoms with van der Waals surface area (Å²) in [7, 11) is 0. The molecule has 0 aromatic heterocycles. The number of benzene rings is 2. The van der Waals surface area contributed by atoms with Crippen LogP contribution in [-0.2, 0) is 12.8 Å². The molecule has 3 heteroatoms. The molecule has 2 aromatic rings. The monoisotopic (exact) mass is 365 g/mol. The third-order valence-corrected chi connectivity index (χ3v) is 5.22. The molecule has 3 rings (SSSR count). The molecule has 1 aliphatic carbocycles. The Morgan fingerprint density at radius 2 is 1.93 bits per heavy atom. The van der Waals surface area contributed by atoms with Gasteiger partial charge in [-0.05, 0) is 85.1 Å². The Labute approximate surface area is 160 Å². The van der Waals surface area contributed by atoms with Crippen molar-refractivity contribution in [1.82, 2.24) is 0 Å². The molecule has 0 bridgehead atoms. The summed E-state index contributed by atoms with van der Waals surface area (Å²) < 4.78 is 28.5. The number of rotatable bonds is 7. The van der Waals surface area contributed by atoms with Crippen LogP contribution in [0.5, 0.6) is 0 Å². The molecule has 140 valence electrons. The van der Waals surface area contributed by atoms with Gasteiger partial charge >= 0.3 is 0 Å². The number of nitrogens with one attached hydrogen (secondary N) is 1. The van der Waals surface area contributed by atoms with Gasteiger partial charge in [-0.2, -0.15) is 0 Å². The zero-order valence-electron chi connectivity index (χ0n) is 15.7. The third kappa shape index (κ3) is 4.36. The van der Waals surface area contributed by atoms with Crippen LogP contribution in [0.1, 0.15) is 36.0 Å². The summed E-state index contributed by atoms with van der Waals surface area (Å²) in [6.45, 7) is 9.83. The van der Waals surface area contributed by atoms with Crippen LogP contribution in [0.2, 0.25) is 0 Å². The average molecular weight is 365 g/mol. The minimum atomic E-state index is -0.286. The molecular weight excluding hydrogens is 340 g/mol. The SMILES string of the molecule is C=CC1=C(C(=C)Nc2ccc(CCc3c(C)cccc3F)c(F)c2)CCC1. The summed E-state index contributed by atoms with van der Waals surface area (Å²) in [5.74, 6) is -0.515. The molecule has 0 fully saturated rings. The molecule has 1 aliphatic rings. The van der Waals surface area contributed by atoms with Crippen LogP contribution in [0.4, 0.5) is 14.5 Å². The second kappa shape index (κ2) is 8.34. The van der Waals surface area contributed by atoms with Crippen molar-refractivity contribution in [3.05, 3.63) is 101 Å². The Bertz CT molecular complexity index is 888. The summed E-state index contributed by atoms with van der Waals surface area (Å²) >= 11 is 0. The smallest absolute Gasteiger partial charge is 0.128 e. The van der Waals surface area contributed by atoms with E-state index in [1.54, 1.807) is 12.1 Å². The van der Waals surface area contributed by atoms with Crippen molar-refractivity contribution in [2.24, 2.45) is 0 Å². The normalized spacial score (nSPS) is 13.7. The molecule has 0 radical (unpaired) electrons. The van der Waals surface area contributed by atoms with Gasteiger partial charge in [0.15, 0.2) is 0 Å². The fourth-order valence-electron chi connectivity index (χ4n) is 3.66. The van der Waals surface area contributed by atoms with Crippen molar-refractivity contribution in [3.8, 4) is 0 Å². The third-order valence-electron chi connectivity index (χ3n) is 5.22. The molecule has 0 saturated heterocycles. The van der Waals surface area contributed by atoms with Crippen LogP contribution >= 0.6 is 0 Å². The van der Waals surface area contributed by atoms with Gasteiger partial charge in [0.25, 0.3) is 0 Å². The van der Waals surface area contributed by atoms with Crippen molar-refractivity contribution < 1.29 is 8.78 Å². The summed E-state index contributed by atoms with van der Waals surface area (Å²) in [6.07, 6.45) is 5.90. The van der Waals surface area contributed by atoms with Crippen molar-refractivity contribution in [2.45, 2.75) is 39.0 Å². The highest BCUT2D eigenvalue weighted by molar-refractivity contribution is 5.56. The van der Waals surface area contributed by atoms with Gasteiger partial charge in [-0.15, -0.1) is 0 Å². The molecule has 0 spiro atoms. The lowest BCUT2D eigenvalue weighted by Gasteiger charge is -2.13. The number of allylic oxidation sites excluding steroid dienone is 3. The van der Waals surface area contributed by atoms with E-state index in [9.17, 15) is 8.78 Å². The minimum Gasteiger partial charge on any atom is -0.356 e. The van der Waals surface area contributed by atoms with Crippen LogP contribution in [0.3, 0.4) is 0 Å². The van der Waals surface area contributed by atoms with Gasteiger partial charge < -0.3 is 5.32 Å². The van der Waals surface area contributed by atoms with Gasteiger partial charge in [0.05, 0.1) is 0 Å². The van der Waals surface area contributed by atoms with Crippen LogP contribution in [-0.4, -0.2) is 0 Å². The van der Waals surface area contributed by atoms with Crippen molar-refractivity contribution in [1.29, 1.82) is 0 Å². The van der Waals surface area contributed by atoms with E-state index < -0.39 is 0 Å². The predicted molar refractivity (Wildman–Crippen MR) is 109 cm³/mol. The number of aryl methyl sites for hydroxylation is 2. The summed E-state index contributed by atoms with van der Waals surface area (Å²) in [4.78, 5) is 0. The van der Waals surface area contributed by atoms with E-state index in [1.807, 2.05) is 25.1 Å². The summed E-state index contributed by atoms with van der Waals surface area (Å²) in [5.41, 5.74) is 5.99. The number of hydrogen-bond acceptors (Lipinski definition) is 1. The number of hydrogen-bond donors (Lipinski definition) is 1. The first kappa shape index (κ1) is 19.1. The van der Waals surface area contributed by atoms with Crippen molar-refractivity contribution in [3.63, 3.8) is 0 Å². The standard InChI is InChI=1S/C24H25F2N/c1-4-18-8-6-9-22(18)17(3)27-20-13-11-19(24(26)15-20)12-14-21-16(2)7-5-10-23(21)25/h4-5,7,10-11,13,15,27H,1,3,6,8-9,12,14H2,2H3. The Kier molecular flexibility index (Phi) is 5.90. The first-order chi connectivity index (χ1) is 13.0. The first-order valence-electron chi connectivity index (χ1n) is 9.32. The van der Waals surface area contributed by atoms with Gasteiger partial charge in [-0.25, -0.2) is 8.78 Å². The number of anilines is 1. The van der Waals surface area contributed by atoms with Crippen molar-refractivity contribution >= 4 is 5.69 Å². The molecule has 27 heavy (non-hydrogen) atoms. The van der Waals surface area contributed by atoms with E-state index in [4.69, 9.17) is 0 Å². The summed E-state index contributed by atoms with van der Waals surface area (Å²) in [6, 6.07) is 10.1. The molecule has 0 atom stereocenters. The Morgan fingerprint density at radius 3 is 2.63 bits per heavy atom. The molecule has 0 unspecified atom stereocenters. The first-order valence-corrected chi connectivity index (χ1v) is 9.32. The maximum absolute atomic E-state index is 14.5. The lowest BCUT2D eigenvalue weighted by Crippen LogP contribution is -2.03. The molecule has 0 saturated carbocycles. The largest absolute Gasteiger partial charge is 0.356 e. The van der Waals surface area contributed by atoms with E-state index in [1.165, 1.54) is 23.3 Å². The van der Waals surface area contributed by atoms with Gasteiger partial charge in [0, 0.05) is 11.4 Å². The zero-order valence-corrected chi connectivity index (χ0v) is 15.7. The average Bonchev–Trinajstić information content (AvgIpc) is 3.12. The van der Waals surface area contributed by atoms with Gasteiger partial charge in [-0.1, -0.05) is 37.4 Å². The maximum Gasteiger partial charge on any atom is 0.128 e. The van der Waals surface area contributed by atoms with Crippen LogP contribution in [0, 0.1) is 18.6 Å². The van der Waals surface area contributed by atoms with Gasteiger partial charge in [0.2, 0.25) is 0 Å². The molecular formula is C24H25F2N. The fourth-order valence-corrected chi connectivity index (χ4v) is 3.66. The second-order valence-corrected chi connectivity index (χ2v) is 7.01. The van der Waals surface area contributed by atoms with E-state index >= 15 is 0 Å². The zero-order chi connectivity index (χ0) is 19.4. The van der Waals surface area contributed by atoms with Gasteiger partial charge in [0.1, 0.15) is 11.6 Å². The molecule has 1 nitrogen and oxygen atoms in total. The Morgan fingerprint density at radius 1 is 1.11 bits per heavy atom. The second-order valence-electron chi connectivity index (χ2n) is 7.01. The predicted octanol–water partition coefficient (Wildman–Crippen LogP) is 6.65. The van der Waals surface area contributed by atoms with Crippen LogP contribution < -0.4 is 5.32 Å². The molecule has 0 aliphatic heterocycles. The molecule has 0 amide bonds. The molecule has 0 heterocycles. The molecule has 1 N–H and O–H groups in total. The highest BCUT2D eigenvalue weighted by Crippen LogP contribution is 2.32.